The van der Waals surface area contributed by atoms with Gasteiger partial charge in [-0.15, -0.1) is 0 Å². The maximum atomic E-state index is 12.5. The second-order valence-corrected chi connectivity index (χ2v) is 6.22. The van der Waals surface area contributed by atoms with Crippen LogP contribution in [0.3, 0.4) is 0 Å². The number of hydrogen-bond acceptors (Lipinski definition) is 6. The van der Waals surface area contributed by atoms with Crippen molar-refractivity contribution in [2.75, 3.05) is 26.8 Å². The fraction of sp³-hybridized carbons (Fsp3) is 0.636. The summed E-state index contributed by atoms with van der Waals surface area (Å²) in [5, 5.41) is 5.78. The van der Waals surface area contributed by atoms with Crippen molar-refractivity contribution in [2.45, 2.75) is 24.5 Å². The van der Waals surface area contributed by atoms with Crippen LogP contribution in [0.4, 0.5) is 0 Å². The number of aromatic nitrogens is 2. The minimum Gasteiger partial charge on any atom is -0.462 e. The summed E-state index contributed by atoms with van der Waals surface area (Å²) in [7, 11) is -2.26. The van der Waals surface area contributed by atoms with E-state index in [-0.39, 0.29) is 29.8 Å². The Balaban J connectivity index is 2.27. The lowest BCUT2D eigenvalue weighted by Gasteiger charge is -2.15. The zero-order chi connectivity index (χ0) is 14.8. The number of carbonyl (C=O) groups is 1. The number of rotatable bonds is 5. The Morgan fingerprint density at radius 1 is 1.60 bits per heavy atom. The molecule has 2 heterocycles. The van der Waals surface area contributed by atoms with E-state index >= 15 is 0 Å². The van der Waals surface area contributed by atoms with Gasteiger partial charge in [0.15, 0.2) is 5.03 Å². The average Bonchev–Trinajstić information content (AvgIpc) is 3.08. The first-order valence-corrected chi connectivity index (χ1v) is 7.68. The molecular weight excluding hydrogens is 286 g/mol. The summed E-state index contributed by atoms with van der Waals surface area (Å²) >= 11 is 0. The Kier molecular flexibility index (Phi) is 4.41. The first kappa shape index (κ1) is 14.9. The number of nitrogens with zero attached hydrogens (tertiary/aromatic N) is 2. The second-order valence-electron chi connectivity index (χ2n) is 4.34. The number of aromatic amines is 1. The van der Waals surface area contributed by atoms with Crippen LogP contribution in [-0.2, 0) is 19.5 Å². The Labute approximate surface area is 117 Å². The zero-order valence-electron chi connectivity index (χ0n) is 11.3. The Bertz CT molecular complexity index is 583. The highest BCUT2D eigenvalue weighted by Crippen LogP contribution is 2.23. The molecule has 8 nitrogen and oxygen atoms in total. The van der Waals surface area contributed by atoms with Crippen LogP contribution in [0.15, 0.2) is 11.2 Å². The van der Waals surface area contributed by atoms with E-state index in [2.05, 4.69) is 10.2 Å². The maximum absolute atomic E-state index is 12.5. The molecule has 1 aromatic rings. The van der Waals surface area contributed by atoms with Gasteiger partial charge in [-0.3, -0.25) is 5.10 Å². The van der Waals surface area contributed by atoms with Crippen molar-refractivity contribution in [3.63, 3.8) is 0 Å². The lowest BCUT2D eigenvalue weighted by atomic mass is 10.3. The number of sulfonamides is 1. The number of esters is 1. The molecule has 1 aromatic heterocycles. The predicted molar refractivity (Wildman–Crippen MR) is 68.7 cm³/mol. The number of H-pyrrole nitrogens is 1. The molecule has 20 heavy (non-hydrogen) atoms. The molecular formula is C11H17N3O5S. The van der Waals surface area contributed by atoms with Gasteiger partial charge in [-0.25, -0.2) is 13.2 Å². The van der Waals surface area contributed by atoms with Gasteiger partial charge >= 0.3 is 5.97 Å². The Morgan fingerprint density at radius 3 is 2.95 bits per heavy atom. The molecule has 9 heteroatoms. The normalized spacial score (nSPS) is 20.2. The summed E-state index contributed by atoms with van der Waals surface area (Å²) in [5.41, 5.74) is -0.0762. The van der Waals surface area contributed by atoms with Gasteiger partial charge in [0, 0.05) is 20.2 Å². The standard InChI is InChI=1S/C11H17N3O5S/c1-3-19-11(15)9-6-12-13-10(9)20(16,17)14-5-4-8(7-14)18-2/h6,8H,3-5,7H2,1-2H3,(H,12,13). The van der Waals surface area contributed by atoms with Gasteiger partial charge < -0.3 is 9.47 Å². The molecule has 1 fully saturated rings. The lowest BCUT2D eigenvalue weighted by molar-refractivity contribution is 0.0521. The Hall–Kier alpha value is -1.45. The third-order valence-electron chi connectivity index (χ3n) is 3.14. The van der Waals surface area contributed by atoms with Crippen molar-refractivity contribution in [1.29, 1.82) is 0 Å². The van der Waals surface area contributed by atoms with Crippen molar-refractivity contribution < 1.29 is 22.7 Å². The van der Waals surface area contributed by atoms with E-state index in [1.165, 1.54) is 4.31 Å². The molecule has 0 radical (unpaired) electrons. The van der Waals surface area contributed by atoms with Gasteiger partial charge in [0.1, 0.15) is 5.56 Å². The van der Waals surface area contributed by atoms with E-state index in [0.717, 1.165) is 6.20 Å². The SMILES string of the molecule is CCOC(=O)c1cn[nH]c1S(=O)(=O)N1CCC(OC)C1. The van der Waals surface area contributed by atoms with E-state index in [1.54, 1.807) is 14.0 Å². The van der Waals surface area contributed by atoms with E-state index in [9.17, 15) is 13.2 Å². The molecule has 0 aromatic carbocycles. The van der Waals surface area contributed by atoms with Crippen molar-refractivity contribution in [2.24, 2.45) is 0 Å². The van der Waals surface area contributed by atoms with Crippen LogP contribution < -0.4 is 0 Å². The fourth-order valence-electron chi connectivity index (χ4n) is 2.06. The number of nitrogens with one attached hydrogen (secondary N) is 1. The quantitative estimate of drug-likeness (QED) is 0.768. The molecule has 1 aliphatic rings. The van der Waals surface area contributed by atoms with Gasteiger partial charge in [0.2, 0.25) is 0 Å². The number of hydrogen-bond donors (Lipinski definition) is 1. The molecule has 2 rings (SSSR count). The third kappa shape index (κ3) is 2.69. The second kappa shape index (κ2) is 5.90. The van der Waals surface area contributed by atoms with Gasteiger partial charge in [0.25, 0.3) is 10.0 Å². The first-order chi connectivity index (χ1) is 9.50. The van der Waals surface area contributed by atoms with Crippen LogP contribution in [0, 0.1) is 0 Å². The summed E-state index contributed by atoms with van der Waals surface area (Å²) in [4.78, 5) is 11.7. The van der Waals surface area contributed by atoms with Crippen molar-refractivity contribution in [1.82, 2.24) is 14.5 Å². The minimum atomic E-state index is -3.80. The van der Waals surface area contributed by atoms with Crippen LogP contribution in [0.25, 0.3) is 0 Å². The molecule has 1 N–H and O–H groups in total. The van der Waals surface area contributed by atoms with E-state index in [4.69, 9.17) is 9.47 Å². The van der Waals surface area contributed by atoms with Crippen molar-refractivity contribution >= 4 is 16.0 Å². The molecule has 1 saturated heterocycles. The first-order valence-electron chi connectivity index (χ1n) is 6.24. The van der Waals surface area contributed by atoms with Crippen LogP contribution >= 0.6 is 0 Å². The molecule has 0 saturated carbocycles. The molecule has 1 aliphatic heterocycles. The van der Waals surface area contributed by atoms with E-state index < -0.39 is 16.0 Å². The van der Waals surface area contributed by atoms with E-state index in [1.807, 2.05) is 0 Å². The molecule has 0 aliphatic carbocycles. The maximum Gasteiger partial charge on any atom is 0.342 e. The predicted octanol–water partition coefficient (Wildman–Crippen LogP) is -0.00420. The van der Waals surface area contributed by atoms with Gasteiger partial charge in [-0.05, 0) is 13.3 Å². The topological polar surface area (TPSA) is 102 Å². The minimum absolute atomic E-state index is 0.0762. The summed E-state index contributed by atoms with van der Waals surface area (Å²) in [5.74, 6) is -0.706. The summed E-state index contributed by atoms with van der Waals surface area (Å²) in [6.45, 7) is 2.43. The van der Waals surface area contributed by atoms with Crippen LogP contribution in [0.1, 0.15) is 23.7 Å². The fourth-order valence-corrected chi connectivity index (χ4v) is 3.61. The zero-order valence-corrected chi connectivity index (χ0v) is 12.1. The van der Waals surface area contributed by atoms with Crippen LogP contribution in [-0.4, -0.2) is 61.8 Å². The largest absolute Gasteiger partial charge is 0.462 e. The summed E-state index contributed by atoms with van der Waals surface area (Å²) in [6, 6.07) is 0. The van der Waals surface area contributed by atoms with E-state index in [0.29, 0.717) is 13.0 Å². The van der Waals surface area contributed by atoms with Crippen LogP contribution in [0.5, 0.6) is 0 Å². The van der Waals surface area contributed by atoms with Gasteiger partial charge in [-0.1, -0.05) is 0 Å². The Morgan fingerprint density at radius 2 is 2.35 bits per heavy atom. The van der Waals surface area contributed by atoms with Gasteiger partial charge in [-0.2, -0.15) is 9.40 Å². The van der Waals surface area contributed by atoms with Crippen molar-refractivity contribution in [3.8, 4) is 0 Å². The van der Waals surface area contributed by atoms with Gasteiger partial charge in [0.05, 0.1) is 18.9 Å². The van der Waals surface area contributed by atoms with Crippen molar-refractivity contribution in [3.05, 3.63) is 11.8 Å². The highest BCUT2D eigenvalue weighted by Gasteiger charge is 2.36. The molecule has 1 unspecified atom stereocenters. The lowest BCUT2D eigenvalue weighted by Crippen LogP contribution is -2.31. The summed E-state index contributed by atoms with van der Waals surface area (Å²) < 4.78 is 36.2. The molecule has 0 bridgehead atoms. The molecule has 0 amide bonds. The third-order valence-corrected chi connectivity index (χ3v) is 4.98. The number of ether oxygens (including phenoxy) is 2. The van der Waals surface area contributed by atoms with Crippen LogP contribution in [0.2, 0.25) is 0 Å². The average molecular weight is 303 g/mol. The number of methoxy groups -OCH3 is 1. The molecule has 112 valence electrons. The summed E-state index contributed by atoms with van der Waals surface area (Å²) in [6.07, 6.45) is 1.66. The monoisotopic (exact) mass is 303 g/mol. The molecule has 1 atom stereocenters. The smallest absolute Gasteiger partial charge is 0.342 e. The molecule has 0 spiro atoms. The highest BCUT2D eigenvalue weighted by atomic mass is 32.2. The number of carbonyl (C=O) groups excluding carboxylic acids is 1. The highest BCUT2D eigenvalue weighted by molar-refractivity contribution is 7.89.